The van der Waals surface area contributed by atoms with Gasteiger partial charge in [0.25, 0.3) is 5.56 Å². The van der Waals surface area contributed by atoms with Crippen LogP contribution in [0.5, 0.6) is 0 Å². The van der Waals surface area contributed by atoms with Crippen LogP contribution < -0.4 is 5.56 Å². The number of halogens is 4. The maximum absolute atomic E-state index is 13.1. The topological polar surface area (TPSA) is 34.9 Å². The molecule has 0 aliphatic heterocycles. The van der Waals surface area contributed by atoms with Crippen LogP contribution in [0.2, 0.25) is 0 Å². The molecule has 0 saturated carbocycles. The molecule has 2 aromatic carbocycles. The van der Waals surface area contributed by atoms with Crippen LogP contribution in [0.3, 0.4) is 0 Å². The molecule has 0 saturated heterocycles. The first-order valence-electron chi connectivity index (χ1n) is 7.30. The maximum Gasteiger partial charge on any atom is 0.416 e. The highest BCUT2D eigenvalue weighted by molar-refractivity contribution is 5.64. The third-order valence-corrected chi connectivity index (χ3v) is 3.61. The Bertz CT molecular complexity index is 976. The van der Waals surface area contributed by atoms with Gasteiger partial charge < -0.3 is 0 Å². The predicted octanol–water partition coefficient (Wildman–Crippen LogP) is 4.37. The Kier molecular flexibility index (Phi) is 4.16. The Hall–Kier alpha value is -2.96. The van der Waals surface area contributed by atoms with E-state index in [9.17, 15) is 22.4 Å². The van der Waals surface area contributed by atoms with Crippen molar-refractivity contribution in [3.05, 3.63) is 82.0 Å². The quantitative estimate of drug-likeness (QED) is 0.645. The van der Waals surface area contributed by atoms with Gasteiger partial charge in [-0.1, -0.05) is 12.1 Å². The van der Waals surface area contributed by atoms with Gasteiger partial charge in [-0.15, -0.1) is 0 Å². The second-order valence-electron chi connectivity index (χ2n) is 5.47. The third-order valence-electron chi connectivity index (χ3n) is 3.61. The van der Waals surface area contributed by atoms with Gasteiger partial charge in [-0.2, -0.15) is 23.0 Å². The molecule has 0 radical (unpaired) electrons. The Balaban J connectivity index is 2.19. The molecule has 0 bridgehead atoms. The Labute approximate surface area is 140 Å². The fourth-order valence-corrected chi connectivity index (χ4v) is 2.44. The number of hydrogen-bond acceptors (Lipinski definition) is 2. The van der Waals surface area contributed by atoms with Crippen LogP contribution in [0.4, 0.5) is 17.6 Å². The summed E-state index contributed by atoms with van der Waals surface area (Å²) < 4.78 is 52.9. The fourth-order valence-electron chi connectivity index (χ4n) is 2.44. The zero-order valence-electron chi connectivity index (χ0n) is 13.0. The molecule has 0 aliphatic rings. The van der Waals surface area contributed by atoms with Crippen molar-refractivity contribution in [3.63, 3.8) is 0 Å². The largest absolute Gasteiger partial charge is 0.416 e. The molecular weight excluding hydrogens is 336 g/mol. The molecule has 25 heavy (non-hydrogen) atoms. The van der Waals surface area contributed by atoms with Gasteiger partial charge in [0.1, 0.15) is 5.82 Å². The highest BCUT2D eigenvalue weighted by Gasteiger charge is 2.30. The number of nitrogens with zero attached hydrogens (tertiary/aromatic N) is 2. The molecule has 1 aromatic heterocycles. The molecule has 3 nitrogen and oxygen atoms in total. The number of aromatic nitrogens is 2. The van der Waals surface area contributed by atoms with Gasteiger partial charge in [0.15, 0.2) is 0 Å². The van der Waals surface area contributed by atoms with Crippen molar-refractivity contribution in [2.45, 2.75) is 13.1 Å². The lowest BCUT2D eigenvalue weighted by Gasteiger charge is -2.11. The lowest BCUT2D eigenvalue weighted by Crippen LogP contribution is -2.23. The van der Waals surface area contributed by atoms with E-state index in [2.05, 4.69) is 5.10 Å². The first kappa shape index (κ1) is 16.9. The van der Waals surface area contributed by atoms with Gasteiger partial charge in [-0.3, -0.25) is 4.79 Å². The minimum absolute atomic E-state index is 0.0860. The molecule has 0 aliphatic carbocycles. The first-order valence-corrected chi connectivity index (χ1v) is 7.30. The van der Waals surface area contributed by atoms with Crippen LogP contribution in [0, 0.1) is 12.7 Å². The highest BCUT2D eigenvalue weighted by atomic mass is 19.4. The predicted molar refractivity (Wildman–Crippen MR) is 85.0 cm³/mol. The van der Waals surface area contributed by atoms with Crippen molar-refractivity contribution in [2.75, 3.05) is 0 Å². The van der Waals surface area contributed by atoms with Crippen molar-refractivity contribution in [2.24, 2.45) is 0 Å². The number of alkyl halides is 3. The molecule has 0 amide bonds. The number of rotatable bonds is 2. The summed E-state index contributed by atoms with van der Waals surface area (Å²) in [7, 11) is 0. The monoisotopic (exact) mass is 348 g/mol. The fraction of sp³-hybridized carbons (Fsp3) is 0.111. The average molecular weight is 348 g/mol. The van der Waals surface area contributed by atoms with Crippen LogP contribution in [-0.4, -0.2) is 9.78 Å². The van der Waals surface area contributed by atoms with Gasteiger partial charge in [-0.05, 0) is 55.0 Å². The zero-order valence-corrected chi connectivity index (χ0v) is 13.0. The molecule has 0 fully saturated rings. The average Bonchev–Trinajstić information content (AvgIpc) is 2.57. The van der Waals surface area contributed by atoms with E-state index in [4.69, 9.17) is 0 Å². The zero-order chi connectivity index (χ0) is 18.2. The minimum atomic E-state index is -4.51. The van der Waals surface area contributed by atoms with Crippen molar-refractivity contribution < 1.29 is 17.6 Å². The van der Waals surface area contributed by atoms with Crippen molar-refractivity contribution in [1.29, 1.82) is 0 Å². The lowest BCUT2D eigenvalue weighted by atomic mass is 10.0. The number of benzene rings is 2. The molecule has 3 aromatic rings. The molecule has 128 valence electrons. The Morgan fingerprint density at radius 2 is 1.68 bits per heavy atom. The van der Waals surface area contributed by atoms with Crippen LogP contribution in [0.25, 0.3) is 16.8 Å². The summed E-state index contributed by atoms with van der Waals surface area (Å²) in [6.07, 6.45) is -4.51. The summed E-state index contributed by atoms with van der Waals surface area (Å²) in [6, 6.07) is 11.1. The van der Waals surface area contributed by atoms with Crippen LogP contribution in [-0.2, 0) is 6.18 Å². The Morgan fingerprint density at radius 1 is 1.00 bits per heavy atom. The molecule has 0 atom stereocenters. The molecule has 0 unspecified atom stereocenters. The standard InChI is InChI=1S/C18H12F4N2O/c1-11-9-16(12-3-2-4-13(10-12)18(20,21)22)17(25)24(23-11)15-7-5-14(19)6-8-15/h2-10H,1H3. The lowest BCUT2D eigenvalue weighted by molar-refractivity contribution is -0.137. The minimum Gasteiger partial charge on any atom is -0.267 e. The van der Waals surface area contributed by atoms with E-state index < -0.39 is 23.1 Å². The summed E-state index contributed by atoms with van der Waals surface area (Å²) in [5.74, 6) is -0.470. The smallest absolute Gasteiger partial charge is 0.267 e. The summed E-state index contributed by atoms with van der Waals surface area (Å²) in [5.41, 5.74) is -0.437. The maximum atomic E-state index is 13.1. The van der Waals surface area contributed by atoms with Crippen LogP contribution in [0.15, 0.2) is 59.4 Å². The van der Waals surface area contributed by atoms with Gasteiger partial charge >= 0.3 is 6.18 Å². The molecule has 1 heterocycles. The van der Waals surface area contributed by atoms with Crippen molar-refractivity contribution in [1.82, 2.24) is 9.78 Å². The SMILES string of the molecule is Cc1cc(-c2cccc(C(F)(F)F)c2)c(=O)n(-c2ccc(F)cc2)n1. The normalized spacial score (nSPS) is 11.6. The van der Waals surface area contributed by atoms with Crippen LogP contribution in [0.1, 0.15) is 11.3 Å². The summed E-state index contributed by atoms with van der Waals surface area (Å²) in [4.78, 5) is 12.7. The van der Waals surface area contributed by atoms with Crippen LogP contribution >= 0.6 is 0 Å². The third kappa shape index (κ3) is 3.45. The van der Waals surface area contributed by atoms with E-state index >= 15 is 0 Å². The molecule has 7 heteroatoms. The van der Waals surface area contributed by atoms with E-state index in [1.165, 1.54) is 42.5 Å². The highest BCUT2D eigenvalue weighted by Crippen LogP contribution is 2.31. The second-order valence-corrected chi connectivity index (χ2v) is 5.47. The summed E-state index contributed by atoms with van der Waals surface area (Å²) >= 11 is 0. The summed E-state index contributed by atoms with van der Waals surface area (Å²) in [5, 5.41) is 4.09. The van der Waals surface area contributed by atoms with Crippen molar-refractivity contribution in [3.8, 4) is 16.8 Å². The van der Waals surface area contributed by atoms with Gasteiger partial charge in [0.05, 0.1) is 22.5 Å². The van der Waals surface area contributed by atoms with E-state index in [0.717, 1.165) is 16.8 Å². The van der Waals surface area contributed by atoms with Gasteiger partial charge in [0.2, 0.25) is 0 Å². The number of hydrogen-bond donors (Lipinski definition) is 0. The first-order chi connectivity index (χ1) is 11.8. The second kappa shape index (κ2) is 6.16. The van der Waals surface area contributed by atoms with E-state index in [1.807, 2.05) is 0 Å². The van der Waals surface area contributed by atoms with Gasteiger partial charge in [-0.25, -0.2) is 4.39 Å². The van der Waals surface area contributed by atoms with Gasteiger partial charge in [0, 0.05) is 0 Å². The van der Waals surface area contributed by atoms with E-state index in [0.29, 0.717) is 11.4 Å². The molecule has 0 spiro atoms. The number of aryl methyl sites for hydroxylation is 1. The van der Waals surface area contributed by atoms with E-state index in [1.54, 1.807) is 6.92 Å². The van der Waals surface area contributed by atoms with E-state index in [-0.39, 0.29) is 11.1 Å². The molecular formula is C18H12F4N2O. The molecule has 3 rings (SSSR count). The van der Waals surface area contributed by atoms with Crippen molar-refractivity contribution >= 4 is 0 Å². The Morgan fingerprint density at radius 3 is 2.32 bits per heavy atom. The summed E-state index contributed by atoms with van der Waals surface area (Å²) in [6.45, 7) is 1.62. The molecule has 0 N–H and O–H groups in total.